The first-order valence-corrected chi connectivity index (χ1v) is 7.57. The van der Waals surface area contributed by atoms with Crippen LogP contribution in [0.3, 0.4) is 0 Å². The van der Waals surface area contributed by atoms with Crippen LogP contribution in [0.4, 0.5) is 0 Å². The molecule has 0 aliphatic carbocycles. The van der Waals surface area contributed by atoms with Crippen LogP contribution in [-0.4, -0.2) is 22.7 Å². The first-order valence-electron chi connectivity index (χ1n) is 7.57. The van der Waals surface area contributed by atoms with Crippen molar-refractivity contribution in [2.24, 2.45) is 0 Å². The summed E-state index contributed by atoms with van der Waals surface area (Å²) in [5.41, 5.74) is 1.69. The highest BCUT2D eigenvalue weighted by Gasteiger charge is 2.31. The molecule has 6 heteroatoms. The molecule has 0 amide bonds. The molecule has 0 radical (unpaired) electrons. The van der Waals surface area contributed by atoms with E-state index in [4.69, 9.17) is 14.0 Å². The highest BCUT2D eigenvalue weighted by atomic mass is 16.6. The van der Waals surface area contributed by atoms with Gasteiger partial charge in [0.25, 0.3) is 5.89 Å². The molecule has 1 aliphatic heterocycles. The summed E-state index contributed by atoms with van der Waals surface area (Å²) in [6.07, 6.45) is 0. The van der Waals surface area contributed by atoms with Crippen molar-refractivity contribution in [3.63, 3.8) is 0 Å². The number of para-hydroxylation sites is 1. The summed E-state index contributed by atoms with van der Waals surface area (Å²) in [4.78, 5) is 16.5. The zero-order valence-corrected chi connectivity index (χ0v) is 12.7. The van der Waals surface area contributed by atoms with E-state index in [9.17, 15) is 4.79 Å². The normalized spacial score (nSPS) is 15.6. The fourth-order valence-electron chi connectivity index (χ4n) is 2.61. The number of nitrogens with zero attached hydrogens (tertiary/aromatic N) is 2. The second-order valence-electron chi connectivity index (χ2n) is 5.39. The van der Waals surface area contributed by atoms with Gasteiger partial charge in [-0.05, 0) is 6.07 Å². The Bertz CT molecular complexity index is 860. The maximum Gasteiger partial charge on any atom is 0.317 e. The van der Waals surface area contributed by atoms with Crippen molar-refractivity contribution in [1.82, 2.24) is 10.1 Å². The van der Waals surface area contributed by atoms with E-state index in [-0.39, 0.29) is 25.1 Å². The molecule has 2 heterocycles. The maximum absolute atomic E-state index is 12.3. The lowest BCUT2D eigenvalue weighted by molar-refractivity contribution is -0.147. The Morgan fingerprint density at radius 2 is 1.92 bits per heavy atom. The van der Waals surface area contributed by atoms with E-state index < -0.39 is 5.92 Å². The minimum absolute atomic E-state index is 0.0582. The quantitative estimate of drug-likeness (QED) is 0.688. The first-order chi connectivity index (χ1) is 11.8. The number of hydrogen-bond donors (Lipinski definition) is 0. The zero-order chi connectivity index (χ0) is 16.4. The summed E-state index contributed by atoms with van der Waals surface area (Å²) >= 11 is 0. The molecule has 120 valence electrons. The SMILES string of the molecule is O=C(OCc1nc(-c2ccccc2)no1)[C@H]1COc2ccccc21. The molecule has 2 aromatic carbocycles. The Balaban J connectivity index is 1.41. The largest absolute Gasteiger partial charge is 0.492 e. The van der Waals surface area contributed by atoms with Crippen molar-refractivity contribution in [2.75, 3.05) is 6.61 Å². The molecule has 0 fully saturated rings. The van der Waals surface area contributed by atoms with Gasteiger partial charge in [0.15, 0.2) is 6.61 Å². The van der Waals surface area contributed by atoms with Gasteiger partial charge in [0, 0.05) is 11.1 Å². The molecule has 0 spiro atoms. The summed E-state index contributed by atoms with van der Waals surface area (Å²) in [6.45, 7) is 0.231. The van der Waals surface area contributed by atoms with E-state index in [0.717, 1.165) is 16.9 Å². The van der Waals surface area contributed by atoms with Gasteiger partial charge < -0.3 is 14.0 Å². The molecule has 1 aromatic heterocycles. The van der Waals surface area contributed by atoms with E-state index in [1.54, 1.807) is 0 Å². The van der Waals surface area contributed by atoms with Gasteiger partial charge in [-0.1, -0.05) is 53.7 Å². The average molecular weight is 322 g/mol. The van der Waals surface area contributed by atoms with Gasteiger partial charge in [-0.15, -0.1) is 0 Å². The topological polar surface area (TPSA) is 74.5 Å². The van der Waals surface area contributed by atoms with E-state index >= 15 is 0 Å². The van der Waals surface area contributed by atoms with Gasteiger partial charge in [0.05, 0.1) is 0 Å². The van der Waals surface area contributed by atoms with Crippen molar-refractivity contribution >= 4 is 5.97 Å². The smallest absolute Gasteiger partial charge is 0.317 e. The number of carbonyl (C=O) groups is 1. The summed E-state index contributed by atoms with van der Waals surface area (Å²) < 4.78 is 15.9. The third kappa shape index (κ3) is 2.74. The van der Waals surface area contributed by atoms with Crippen LogP contribution in [0, 0.1) is 0 Å². The Kier molecular flexibility index (Phi) is 3.70. The standard InChI is InChI=1S/C18H14N2O4/c21-18(14-10-22-15-9-5-4-8-13(14)15)23-11-16-19-17(20-24-16)12-6-2-1-3-7-12/h1-9,14H,10-11H2/t14-/m0/s1. The Labute approximate surface area is 138 Å². The number of fused-ring (bicyclic) bond motifs is 1. The fourth-order valence-corrected chi connectivity index (χ4v) is 2.61. The Morgan fingerprint density at radius 1 is 1.12 bits per heavy atom. The number of rotatable bonds is 4. The van der Waals surface area contributed by atoms with Gasteiger partial charge >= 0.3 is 5.97 Å². The number of aromatic nitrogens is 2. The third-order valence-electron chi connectivity index (χ3n) is 3.82. The van der Waals surface area contributed by atoms with Crippen molar-refractivity contribution in [1.29, 1.82) is 0 Å². The molecule has 3 aromatic rings. The number of ether oxygens (including phenoxy) is 2. The van der Waals surface area contributed by atoms with Crippen molar-refractivity contribution < 1.29 is 18.8 Å². The van der Waals surface area contributed by atoms with Gasteiger partial charge in [-0.2, -0.15) is 4.98 Å². The van der Waals surface area contributed by atoms with Gasteiger partial charge in [-0.25, -0.2) is 0 Å². The lowest BCUT2D eigenvalue weighted by Crippen LogP contribution is -2.17. The number of hydrogen-bond acceptors (Lipinski definition) is 6. The van der Waals surface area contributed by atoms with Crippen LogP contribution >= 0.6 is 0 Å². The molecular formula is C18H14N2O4. The Morgan fingerprint density at radius 3 is 2.79 bits per heavy atom. The van der Waals surface area contributed by atoms with Crippen LogP contribution in [-0.2, 0) is 16.1 Å². The van der Waals surface area contributed by atoms with E-state index in [2.05, 4.69) is 10.1 Å². The second-order valence-corrected chi connectivity index (χ2v) is 5.39. The minimum atomic E-state index is -0.419. The average Bonchev–Trinajstić information content (AvgIpc) is 3.27. The number of esters is 1. The molecule has 1 atom stereocenters. The third-order valence-corrected chi connectivity index (χ3v) is 3.82. The zero-order valence-electron chi connectivity index (χ0n) is 12.7. The summed E-state index contributed by atoms with van der Waals surface area (Å²) in [6, 6.07) is 16.9. The van der Waals surface area contributed by atoms with Gasteiger partial charge in [-0.3, -0.25) is 4.79 Å². The highest BCUT2D eigenvalue weighted by molar-refractivity contribution is 5.80. The van der Waals surface area contributed by atoms with Crippen molar-refractivity contribution in [3.8, 4) is 17.1 Å². The molecule has 24 heavy (non-hydrogen) atoms. The van der Waals surface area contributed by atoms with Crippen molar-refractivity contribution in [2.45, 2.75) is 12.5 Å². The fraction of sp³-hybridized carbons (Fsp3) is 0.167. The molecule has 0 N–H and O–H groups in total. The van der Waals surface area contributed by atoms with Crippen LogP contribution in [0.25, 0.3) is 11.4 Å². The maximum atomic E-state index is 12.3. The predicted molar refractivity (Wildman–Crippen MR) is 84.2 cm³/mol. The first kappa shape index (κ1) is 14.4. The highest BCUT2D eigenvalue weighted by Crippen LogP contribution is 2.34. The molecule has 0 saturated heterocycles. The monoisotopic (exact) mass is 322 g/mol. The second kappa shape index (κ2) is 6.16. The summed E-state index contributed by atoms with van der Waals surface area (Å²) in [7, 11) is 0. The molecule has 0 unspecified atom stereocenters. The Hall–Kier alpha value is -3.15. The summed E-state index contributed by atoms with van der Waals surface area (Å²) in [5, 5.41) is 3.90. The molecular weight excluding hydrogens is 308 g/mol. The van der Waals surface area contributed by atoms with E-state index in [1.165, 1.54) is 0 Å². The number of carbonyl (C=O) groups excluding carboxylic acids is 1. The van der Waals surface area contributed by atoms with Crippen LogP contribution in [0.5, 0.6) is 5.75 Å². The molecule has 1 aliphatic rings. The molecule has 4 rings (SSSR count). The summed E-state index contributed by atoms with van der Waals surface area (Å²) in [5.74, 6) is 0.673. The van der Waals surface area contributed by atoms with Crippen LogP contribution in [0.15, 0.2) is 59.1 Å². The molecule has 6 nitrogen and oxygen atoms in total. The van der Waals surface area contributed by atoms with Gasteiger partial charge in [0.1, 0.15) is 18.3 Å². The van der Waals surface area contributed by atoms with Crippen LogP contribution in [0.2, 0.25) is 0 Å². The predicted octanol–water partition coefficient (Wildman–Crippen LogP) is 2.96. The van der Waals surface area contributed by atoms with Crippen molar-refractivity contribution in [3.05, 3.63) is 66.1 Å². The van der Waals surface area contributed by atoms with Crippen LogP contribution < -0.4 is 4.74 Å². The minimum Gasteiger partial charge on any atom is -0.492 e. The van der Waals surface area contributed by atoms with E-state index in [0.29, 0.717) is 5.82 Å². The lowest BCUT2D eigenvalue weighted by Gasteiger charge is -2.07. The molecule has 0 saturated carbocycles. The van der Waals surface area contributed by atoms with E-state index in [1.807, 2.05) is 54.6 Å². The molecule has 0 bridgehead atoms. The van der Waals surface area contributed by atoms with Gasteiger partial charge in [0.2, 0.25) is 5.82 Å². The lowest BCUT2D eigenvalue weighted by atomic mass is 10.0. The number of benzene rings is 2. The van der Waals surface area contributed by atoms with Crippen LogP contribution in [0.1, 0.15) is 17.4 Å².